The average molecular weight is 342 g/mol. The summed E-state index contributed by atoms with van der Waals surface area (Å²) in [7, 11) is 0. The number of aromatic nitrogens is 2. The molecule has 134 valence electrons. The van der Waals surface area contributed by atoms with Crippen LogP contribution in [0.3, 0.4) is 0 Å². The Morgan fingerprint density at radius 3 is 2.48 bits per heavy atom. The van der Waals surface area contributed by atoms with Gasteiger partial charge in [0.2, 0.25) is 11.8 Å². The molecule has 25 heavy (non-hydrogen) atoms. The van der Waals surface area contributed by atoms with Crippen LogP contribution in [0.2, 0.25) is 0 Å². The fourth-order valence-electron chi connectivity index (χ4n) is 2.61. The van der Waals surface area contributed by atoms with Crippen LogP contribution in [0.15, 0.2) is 24.3 Å². The zero-order valence-corrected chi connectivity index (χ0v) is 15.3. The molecule has 0 spiro atoms. The van der Waals surface area contributed by atoms with Crippen molar-refractivity contribution in [1.29, 1.82) is 0 Å². The molecule has 0 bridgehead atoms. The Labute approximate surface area is 148 Å². The van der Waals surface area contributed by atoms with Crippen LogP contribution in [0.4, 0.5) is 5.69 Å². The summed E-state index contributed by atoms with van der Waals surface area (Å²) in [5.74, 6) is 0.628. The number of hydrogen-bond acceptors (Lipinski definition) is 3. The summed E-state index contributed by atoms with van der Waals surface area (Å²) in [6.45, 7) is 9.14. The van der Waals surface area contributed by atoms with E-state index in [0.29, 0.717) is 18.8 Å². The molecule has 0 aliphatic heterocycles. The van der Waals surface area contributed by atoms with Gasteiger partial charge in [-0.05, 0) is 39.8 Å². The van der Waals surface area contributed by atoms with E-state index in [9.17, 15) is 9.59 Å². The highest BCUT2D eigenvalue weighted by molar-refractivity contribution is 5.93. The number of carbonyl (C=O) groups excluding carboxylic acids is 2. The van der Waals surface area contributed by atoms with E-state index in [1.165, 1.54) is 0 Å². The number of anilines is 1. The van der Waals surface area contributed by atoms with Crippen LogP contribution < -0.4 is 5.32 Å². The van der Waals surface area contributed by atoms with Gasteiger partial charge in [0.1, 0.15) is 5.82 Å². The molecule has 1 aromatic carbocycles. The molecule has 6 heteroatoms. The SMILES string of the molecule is CCN(CC)C(=O)CCC(=O)Nc1cccc(-c2nc(C)c(C)[nH]2)c1. The minimum absolute atomic E-state index is 0.00966. The maximum Gasteiger partial charge on any atom is 0.224 e. The van der Waals surface area contributed by atoms with Gasteiger partial charge >= 0.3 is 0 Å². The summed E-state index contributed by atoms with van der Waals surface area (Å²) < 4.78 is 0. The largest absolute Gasteiger partial charge is 0.343 e. The van der Waals surface area contributed by atoms with Gasteiger partial charge in [0.15, 0.2) is 0 Å². The molecule has 0 fully saturated rings. The van der Waals surface area contributed by atoms with Crippen molar-refractivity contribution in [3.8, 4) is 11.4 Å². The van der Waals surface area contributed by atoms with Crippen molar-refractivity contribution in [1.82, 2.24) is 14.9 Å². The van der Waals surface area contributed by atoms with Crippen molar-refractivity contribution < 1.29 is 9.59 Å². The predicted octanol–water partition coefficient (Wildman–Crippen LogP) is 3.28. The zero-order chi connectivity index (χ0) is 18.4. The van der Waals surface area contributed by atoms with Gasteiger partial charge in [0, 0.05) is 42.9 Å². The smallest absolute Gasteiger partial charge is 0.224 e. The molecule has 2 amide bonds. The number of rotatable bonds is 7. The van der Waals surface area contributed by atoms with Gasteiger partial charge < -0.3 is 15.2 Å². The third-order valence-corrected chi connectivity index (χ3v) is 4.23. The molecule has 0 saturated carbocycles. The van der Waals surface area contributed by atoms with Crippen molar-refractivity contribution in [2.45, 2.75) is 40.5 Å². The lowest BCUT2D eigenvalue weighted by molar-refractivity contribution is -0.132. The molecular weight excluding hydrogens is 316 g/mol. The molecule has 1 aromatic heterocycles. The van der Waals surface area contributed by atoms with Crippen molar-refractivity contribution in [2.24, 2.45) is 0 Å². The van der Waals surface area contributed by atoms with E-state index in [0.717, 1.165) is 22.8 Å². The van der Waals surface area contributed by atoms with Gasteiger partial charge in [-0.25, -0.2) is 4.98 Å². The third kappa shape index (κ3) is 4.92. The number of hydrogen-bond donors (Lipinski definition) is 2. The van der Waals surface area contributed by atoms with Gasteiger partial charge in [-0.3, -0.25) is 9.59 Å². The molecule has 2 aromatic rings. The van der Waals surface area contributed by atoms with Gasteiger partial charge in [0.05, 0.1) is 5.69 Å². The Balaban J connectivity index is 1.97. The second-order valence-electron chi connectivity index (χ2n) is 5.99. The van der Waals surface area contributed by atoms with Gasteiger partial charge in [0.25, 0.3) is 0 Å². The van der Waals surface area contributed by atoms with Crippen molar-refractivity contribution in [2.75, 3.05) is 18.4 Å². The predicted molar refractivity (Wildman–Crippen MR) is 99.3 cm³/mol. The number of nitrogens with one attached hydrogen (secondary N) is 2. The second-order valence-corrected chi connectivity index (χ2v) is 5.99. The number of benzene rings is 1. The number of aromatic amines is 1. The molecule has 1 heterocycles. The standard InChI is InChI=1S/C19H26N4O2/c1-5-23(6-2)18(25)11-10-17(24)22-16-9-7-8-15(12-16)19-20-13(3)14(4)21-19/h7-9,12H,5-6,10-11H2,1-4H3,(H,20,21)(H,22,24). The monoisotopic (exact) mass is 342 g/mol. The summed E-state index contributed by atoms with van der Waals surface area (Å²) in [6.07, 6.45) is 0.405. The first-order valence-corrected chi connectivity index (χ1v) is 8.65. The van der Waals surface area contributed by atoms with Crippen LogP contribution in [-0.2, 0) is 9.59 Å². The molecule has 0 saturated heterocycles. The van der Waals surface area contributed by atoms with E-state index in [-0.39, 0.29) is 24.7 Å². The molecule has 0 radical (unpaired) electrons. The summed E-state index contributed by atoms with van der Waals surface area (Å²) in [6, 6.07) is 7.52. The average Bonchev–Trinajstić information content (AvgIpc) is 2.93. The van der Waals surface area contributed by atoms with E-state index < -0.39 is 0 Å². The first kappa shape index (κ1) is 18.7. The summed E-state index contributed by atoms with van der Waals surface area (Å²) in [5, 5.41) is 2.85. The van der Waals surface area contributed by atoms with Crippen LogP contribution >= 0.6 is 0 Å². The van der Waals surface area contributed by atoms with E-state index in [2.05, 4.69) is 15.3 Å². The molecule has 2 N–H and O–H groups in total. The highest BCUT2D eigenvalue weighted by Crippen LogP contribution is 2.21. The normalized spacial score (nSPS) is 10.6. The number of nitrogens with zero attached hydrogens (tertiary/aromatic N) is 2. The number of amides is 2. The molecule has 2 rings (SSSR count). The van der Waals surface area contributed by atoms with Gasteiger partial charge in [-0.2, -0.15) is 0 Å². The lowest BCUT2D eigenvalue weighted by Gasteiger charge is -2.18. The number of imidazole rings is 1. The molecule has 0 aliphatic rings. The topological polar surface area (TPSA) is 78.1 Å². The lowest BCUT2D eigenvalue weighted by Crippen LogP contribution is -2.31. The van der Waals surface area contributed by atoms with Crippen LogP contribution in [0.5, 0.6) is 0 Å². The number of aryl methyl sites for hydroxylation is 2. The highest BCUT2D eigenvalue weighted by atomic mass is 16.2. The van der Waals surface area contributed by atoms with Crippen molar-refractivity contribution >= 4 is 17.5 Å². The Bertz CT molecular complexity index is 728. The van der Waals surface area contributed by atoms with Crippen LogP contribution in [0, 0.1) is 13.8 Å². The molecular formula is C19H26N4O2. The van der Waals surface area contributed by atoms with Crippen LogP contribution in [0.1, 0.15) is 38.1 Å². The van der Waals surface area contributed by atoms with E-state index in [4.69, 9.17) is 0 Å². The molecule has 0 aliphatic carbocycles. The first-order valence-electron chi connectivity index (χ1n) is 8.65. The summed E-state index contributed by atoms with van der Waals surface area (Å²) in [4.78, 5) is 33.5. The maximum absolute atomic E-state index is 12.1. The Kier molecular flexibility index (Phi) is 6.33. The minimum atomic E-state index is -0.163. The van der Waals surface area contributed by atoms with Crippen molar-refractivity contribution in [3.63, 3.8) is 0 Å². The lowest BCUT2D eigenvalue weighted by atomic mass is 10.2. The third-order valence-electron chi connectivity index (χ3n) is 4.23. The van der Waals surface area contributed by atoms with Crippen LogP contribution in [0.25, 0.3) is 11.4 Å². The van der Waals surface area contributed by atoms with E-state index in [1.807, 2.05) is 52.0 Å². The molecule has 6 nitrogen and oxygen atoms in total. The second kappa shape index (κ2) is 8.46. The molecule has 0 atom stereocenters. The van der Waals surface area contributed by atoms with E-state index in [1.54, 1.807) is 4.90 Å². The Hall–Kier alpha value is -2.63. The molecule has 0 unspecified atom stereocenters. The van der Waals surface area contributed by atoms with Crippen LogP contribution in [-0.4, -0.2) is 39.8 Å². The number of carbonyl (C=O) groups is 2. The minimum Gasteiger partial charge on any atom is -0.343 e. The van der Waals surface area contributed by atoms with Crippen molar-refractivity contribution in [3.05, 3.63) is 35.7 Å². The van der Waals surface area contributed by atoms with Gasteiger partial charge in [-0.15, -0.1) is 0 Å². The maximum atomic E-state index is 12.1. The Morgan fingerprint density at radius 2 is 1.88 bits per heavy atom. The zero-order valence-electron chi connectivity index (χ0n) is 15.3. The fraction of sp³-hybridized carbons (Fsp3) is 0.421. The summed E-state index contributed by atoms with van der Waals surface area (Å²) in [5.41, 5.74) is 3.59. The van der Waals surface area contributed by atoms with E-state index >= 15 is 0 Å². The number of H-pyrrole nitrogens is 1. The highest BCUT2D eigenvalue weighted by Gasteiger charge is 2.12. The summed E-state index contributed by atoms with van der Waals surface area (Å²) >= 11 is 0. The van der Waals surface area contributed by atoms with Gasteiger partial charge in [-0.1, -0.05) is 12.1 Å². The Morgan fingerprint density at radius 1 is 1.16 bits per heavy atom. The first-order chi connectivity index (χ1) is 11.9. The quantitative estimate of drug-likeness (QED) is 0.810. The fourth-order valence-corrected chi connectivity index (χ4v) is 2.61.